The zero-order chi connectivity index (χ0) is 13.1. The molecule has 94 valence electrons. The van der Waals surface area contributed by atoms with E-state index in [0.29, 0.717) is 10.6 Å². The van der Waals surface area contributed by atoms with E-state index in [1.165, 1.54) is 23.9 Å². The summed E-state index contributed by atoms with van der Waals surface area (Å²) in [5, 5.41) is 8.70. The van der Waals surface area contributed by atoms with Gasteiger partial charge in [-0.15, -0.1) is 11.8 Å². The van der Waals surface area contributed by atoms with Crippen molar-refractivity contribution < 1.29 is 22.7 Å². The van der Waals surface area contributed by atoms with Gasteiger partial charge in [-0.1, -0.05) is 0 Å². The van der Waals surface area contributed by atoms with Gasteiger partial charge in [-0.2, -0.15) is 0 Å². The van der Waals surface area contributed by atoms with E-state index < -0.39 is 27.2 Å². The summed E-state index contributed by atoms with van der Waals surface area (Å²) in [5.74, 6) is -1.83. The van der Waals surface area contributed by atoms with Crippen molar-refractivity contribution in [3.05, 3.63) is 29.6 Å². The molecule has 0 bridgehead atoms. The maximum atomic E-state index is 13.0. The van der Waals surface area contributed by atoms with Crippen LogP contribution in [-0.4, -0.2) is 37.3 Å². The molecule has 1 N–H and O–H groups in total. The first kappa shape index (κ1) is 14.0. The van der Waals surface area contributed by atoms with Crippen LogP contribution < -0.4 is 0 Å². The van der Waals surface area contributed by atoms with E-state index >= 15 is 0 Å². The van der Waals surface area contributed by atoms with Crippen LogP contribution in [0.15, 0.2) is 23.1 Å². The molecule has 0 saturated carbocycles. The predicted octanol–water partition coefficient (Wildman–Crippen LogP) is 1.66. The van der Waals surface area contributed by atoms with E-state index in [1.807, 2.05) is 0 Å². The lowest BCUT2D eigenvalue weighted by molar-refractivity contribution is 0.0691. The van der Waals surface area contributed by atoms with Gasteiger partial charge in [-0.25, -0.2) is 17.6 Å². The molecule has 0 fully saturated rings. The van der Waals surface area contributed by atoms with Crippen molar-refractivity contribution in [1.82, 2.24) is 0 Å². The summed E-state index contributed by atoms with van der Waals surface area (Å²) in [5.41, 5.74) is -0.408. The molecule has 0 aliphatic carbocycles. The zero-order valence-corrected chi connectivity index (χ0v) is 10.6. The van der Waals surface area contributed by atoms with Crippen LogP contribution in [0.25, 0.3) is 0 Å². The van der Waals surface area contributed by atoms with E-state index in [-0.39, 0.29) is 5.75 Å². The molecule has 0 aromatic heterocycles. The fourth-order valence-corrected chi connectivity index (χ4v) is 3.21. The lowest BCUT2D eigenvalue weighted by atomic mass is 10.2. The molecule has 0 amide bonds. The molecule has 0 saturated heterocycles. The monoisotopic (exact) mass is 278 g/mol. The predicted molar refractivity (Wildman–Crippen MR) is 63.8 cm³/mol. The molecular weight excluding hydrogens is 267 g/mol. The summed E-state index contributed by atoms with van der Waals surface area (Å²) in [6.45, 7) is 0. The van der Waals surface area contributed by atoms with E-state index in [4.69, 9.17) is 5.11 Å². The maximum Gasteiger partial charge on any atom is 0.338 e. The van der Waals surface area contributed by atoms with Crippen LogP contribution in [0.5, 0.6) is 0 Å². The molecule has 0 aliphatic rings. The molecule has 1 aromatic carbocycles. The molecule has 0 spiro atoms. The molecule has 7 heteroatoms. The normalized spacial score (nSPS) is 11.4. The number of thioether (sulfide) groups is 1. The van der Waals surface area contributed by atoms with E-state index in [0.717, 1.165) is 12.3 Å². The highest BCUT2D eigenvalue weighted by Gasteiger charge is 2.11. The van der Waals surface area contributed by atoms with Gasteiger partial charge in [-0.3, -0.25) is 0 Å². The highest BCUT2D eigenvalue weighted by molar-refractivity contribution is 8.00. The van der Waals surface area contributed by atoms with Gasteiger partial charge < -0.3 is 5.11 Å². The van der Waals surface area contributed by atoms with Gasteiger partial charge >= 0.3 is 5.97 Å². The number of carboxylic acid groups (broad SMARTS) is 1. The lowest BCUT2D eigenvalue weighted by Gasteiger charge is -2.03. The summed E-state index contributed by atoms with van der Waals surface area (Å²) >= 11 is 1.18. The number of hydrogen-bond acceptors (Lipinski definition) is 4. The minimum atomic E-state index is -3.04. The number of carboxylic acids is 1. The molecule has 1 aromatic rings. The second-order valence-corrected chi connectivity index (χ2v) is 6.85. The summed E-state index contributed by atoms with van der Waals surface area (Å²) in [6, 6.07) is 3.69. The SMILES string of the molecule is CS(=O)(=O)CCSc1ccc(F)c(C(=O)O)c1. The van der Waals surface area contributed by atoms with Crippen molar-refractivity contribution >= 4 is 27.6 Å². The summed E-state index contributed by atoms with van der Waals surface area (Å²) in [7, 11) is -3.04. The third kappa shape index (κ3) is 4.74. The van der Waals surface area contributed by atoms with Gasteiger partial charge in [0.15, 0.2) is 0 Å². The topological polar surface area (TPSA) is 71.4 Å². The van der Waals surface area contributed by atoms with E-state index in [9.17, 15) is 17.6 Å². The molecule has 0 unspecified atom stereocenters. The van der Waals surface area contributed by atoms with Crippen molar-refractivity contribution in [3.8, 4) is 0 Å². The Morgan fingerprint density at radius 2 is 2.12 bits per heavy atom. The van der Waals surface area contributed by atoms with E-state index in [1.54, 1.807) is 0 Å². The standard InChI is InChI=1S/C10H11FO4S2/c1-17(14,15)5-4-16-7-2-3-9(11)8(6-7)10(12)13/h2-3,6H,4-5H2,1H3,(H,12,13). The second kappa shape index (κ2) is 5.50. The summed E-state index contributed by atoms with van der Waals surface area (Å²) < 4.78 is 34.8. The van der Waals surface area contributed by atoms with E-state index in [2.05, 4.69) is 0 Å². The average Bonchev–Trinajstić information content (AvgIpc) is 2.18. The Hall–Kier alpha value is -1.08. The summed E-state index contributed by atoms with van der Waals surface area (Å²) in [4.78, 5) is 11.2. The van der Waals surface area contributed by atoms with Crippen molar-refractivity contribution in [2.75, 3.05) is 17.8 Å². The van der Waals surface area contributed by atoms with Crippen molar-refractivity contribution in [2.24, 2.45) is 0 Å². The molecule has 17 heavy (non-hydrogen) atoms. The summed E-state index contributed by atoms with van der Waals surface area (Å²) in [6.07, 6.45) is 1.13. The van der Waals surface area contributed by atoms with Gasteiger partial charge in [0, 0.05) is 16.9 Å². The molecule has 0 atom stereocenters. The third-order valence-electron chi connectivity index (χ3n) is 1.89. The van der Waals surface area contributed by atoms with Crippen LogP contribution >= 0.6 is 11.8 Å². The minimum absolute atomic E-state index is 0.00253. The lowest BCUT2D eigenvalue weighted by Crippen LogP contribution is -2.05. The fraction of sp³-hybridized carbons (Fsp3) is 0.300. The number of hydrogen-bond donors (Lipinski definition) is 1. The minimum Gasteiger partial charge on any atom is -0.478 e. The quantitative estimate of drug-likeness (QED) is 0.829. The second-order valence-electron chi connectivity index (χ2n) is 3.43. The van der Waals surface area contributed by atoms with Crippen molar-refractivity contribution in [1.29, 1.82) is 0 Å². The van der Waals surface area contributed by atoms with Gasteiger partial charge in [0.05, 0.1) is 11.3 Å². The van der Waals surface area contributed by atoms with Gasteiger partial charge in [0.2, 0.25) is 0 Å². The van der Waals surface area contributed by atoms with Crippen LogP contribution in [0.2, 0.25) is 0 Å². The van der Waals surface area contributed by atoms with Crippen LogP contribution in [0.4, 0.5) is 4.39 Å². The number of rotatable bonds is 5. The number of halogens is 1. The molecular formula is C10H11FO4S2. The zero-order valence-electron chi connectivity index (χ0n) is 9.01. The van der Waals surface area contributed by atoms with Crippen LogP contribution in [0.1, 0.15) is 10.4 Å². The number of benzene rings is 1. The number of aromatic carboxylic acids is 1. The highest BCUT2D eigenvalue weighted by Crippen LogP contribution is 2.21. The Kier molecular flexibility index (Phi) is 4.53. The number of sulfone groups is 1. The Balaban J connectivity index is 2.73. The van der Waals surface area contributed by atoms with Gasteiger partial charge in [-0.05, 0) is 18.2 Å². The van der Waals surface area contributed by atoms with Crippen LogP contribution in [0, 0.1) is 5.82 Å². The van der Waals surface area contributed by atoms with Crippen molar-refractivity contribution in [3.63, 3.8) is 0 Å². The first-order valence-corrected chi connectivity index (χ1v) is 7.67. The fourth-order valence-electron chi connectivity index (χ4n) is 1.07. The van der Waals surface area contributed by atoms with Crippen LogP contribution in [-0.2, 0) is 9.84 Å². The number of carbonyl (C=O) groups is 1. The van der Waals surface area contributed by atoms with Crippen LogP contribution in [0.3, 0.4) is 0 Å². The smallest absolute Gasteiger partial charge is 0.338 e. The molecule has 1 rings (SSSR count). The maximum absolute atomic E-state index is 13.0. The Bertz CT molecular complexity index is 525. The Labute approximate surface area is 103 Å². The molecule has 4 nitrogen and oxygen atoms in total. The first-order valence-electron chi connectivity index (χ1n) is 4.63. The Morgan fingerprint density at radius 3 is 2.65 bits per heavy atom. The average molecular weight is 278 g/mol. The van der Waals surface area contributed by atoms with Gasteiger partial charge in [0.25, 0.3) is 0 Å². The molecule has 0 aliphatic heterocycles. The highest BCUT2D eigenvalue weighted by atomic mass is 32.2. The van der Waals surface area contributed by atoms with Crippen molar-refractivity contribution in [2.45, 2.75) is 4.90 Å². The van der Waals surface area contributed by atoms with Gasteiger partial charge in [0.1, 0.15) is 15.7 Å². The molecule has 0 radical (unpaired) electrons. The first-order chi connectivity index (χ1) is 7.79. The Morgan fingerprint density at radius 1 is 1.47 bits per heavy atom. The third-order valence-corrected chi connectivity index (χ3v) is 4.09. The largest absolute Gasteiger partial charge is 0.478 e. The molecule has 0 heterocycles.